The number of aryl methyl sites for hydroxylation is 1. The van der Waals surface area contributed by atoms with Crippen LogP contribution in [-0.4, -0.2) is 37.5 Å². The molecular weight excluding hydrogens is 356 g/mol. The number of benzene rings is 1. The van der Waals surface area contributed by atoms with Crippen molar-refractivity contribution in [2.75, 3.05) is 18.1 Å². The summed E-state index contributed by atoms with van der Waals surface area (Å²) in [5, 5.41) is 2.82. The van der Waals surface area contributed by atoms with E-state index < -0.39 is 10.0 Å². The number of nitrogens with zero attached hydrogens (tertiary/aromatic N) is 1. The summed E-state index contributed by atoms with van der Waals surface area (Å²) in [4.78, 5) is 12.0. The molecule has 0 atom stereocenters. The third-order valence-corrected chi connectivity index (χ3v) is 5.23. The molecule has 21 heavy (non-hydrogen) atoms. The van der Waals surface area contributed by atoms with E-state index in [9.17, 15) is 13.2 Å². The summed E-state index contributed by atoms with van der Waals surface area (Å²) in [5.74, 6) is -0.172. The van der Waals surface area contributed by atoms with Crippen LogP contribution in [0.5, 0.6) is 0 Å². The van der Waals surface area contributed by atoms with Crippen molar-refractivity contribution in [3.05, 3.63) is 28.2 Å². The number of anilines is 1. The molecule has 1 aliphatic carbocycles. The lowest BCUT2D eigenvalue weighted by atomic mass is 10.2. The lowest BCUT2D eigenvalue weighted by Crippen LogP contribution is -2.34. The van der Waals surface area contributed by atoms with Crippen LogP contribution in [-0.2, 0) is 14.8 Å². The summed E-state index contributed by atoms with van der Waals surface area (Å²) < 4.78 is 25.7. The number of sulfonamides is 1. The number of hydrogen-bond donors (Lipinski definition) is 1. The number of carbonyl (C=O) groups is 1. The lowest BCUT2D eigenvalue weighted by Gasteiger charge is -2.19. The first-order valence-corrected chi connectivity index (χ1v) is 9.44. The van der Waals surface area contributed by atoms with Gasteiger partial charge >= 0.3 is 0 Å². The van der Waals surface area contributed by atoms with Crippen LogP contribution in [0, 0.1) is 6.92 Å². The Balaban J connectivity index is 1.92. The van der Waals surface area contributed by atoms with Gasteiger partial charge in [-0.15, -0.1) is 0 Å². The van der Waals surface area contributed by atoms with Gasteiger partial charge in [0.25, 0.3) is 0 Å². The van der Waals surface area contributed by atoms with Gasteiger partial charge in [0.1, 0.15) is 0 Å². The van der Waals surface area contributed by atoms with Crippen LogP contribution in [0.4, 0.5) is 5.69 Å². The van der Waals surface area contributed by atoms with Gasteiger partial charge in [-0.05, 0) is 43.5 Å². The van der Waals surface area contributed by atoms with Crippen molar-refractivity contribution in [2.24, 2.45) is 0 Å². The fraction of sp³-hybridized carbons (Fsp3) is 0.500. The number of carbonyl (C=O) groups excluding carboxylic acids is 1. The fourth-order valence-corrected chi connectivity index (χ4v) is 3.82. The van der Waals surface area contributed by atoms with Crippen LogP contribution in [0.15, 0.2) is 22.7 Å². The molecule has 116 valence electrons. The Morgan fingerprint density at radius 1 is 1.43 bits per heavy atom. The van der Waals surface area contributed by atoms with Crippen LogP contribution in [0.2, 0.25) is 0 Å². The summed E-state index contributed by atoms with van der Waals surface area (Å²) in [6.07, 6.45) is 3.14. The van der Waals surface area contributed by atoms with Gasteiger partial charge in [0.05, 0.1) is 6.26 Å². The largest absolute Gasteiger partial charge is 0.326 e. The van der Waals surface area contributed by atoms with Gasteiger partial charge in [0, 0.05) is 29.2 Å². The van der Waals surface area contributed by atoms with E-state index in [1.165, 1.54) is 10.6 Å². The Bertz CT molecular complexity index is 642. The summed E-state index contributed by atoms with van der Waals surface area (Å²) >= 11 is 3.37. The first-order valence-electron chi connectivity index (χ1n) is 6.80. The average molecular weight is 375 g/mol. The molecule has 0 unspecified atom stereocenters. The first-order chi connectivity index (χ1) is 9.77. The van der Waals surface area contributed by atoms with Gasteiger partial charge in [-0.3, -0.25) is 4.79 Å². The predicted molar refractivity (Wildman–Crippen MR) is 86.7 cm³/mol. The molecule has 1 saturated carbocycles. The summed E-state index contributed by atoms with van der Waals surface area (Å²) in [6.45, 7) is 2.15. The highest BCUT2D eigenvalue weighted by atomic mass is 79.9. The Morgan fingerprint density at radius 3 is 2.62 bits per heavy atom. The van der Waals surface area contributed by atoms with Gasteiger partial charge in [-0.2, -0.15) is 4.31 Å². The molecule has 1 fully saturated rings. The Morgan fingerprint density at radius 2 is 2.10 bits per heavy atom. The molecule has 1 amide bonds. The van der Waals surface area contributed by atoms with Gasteiger partial charge in [-0.1, -0.05) is 15.9 Å². The Kier molecular flexibility index (Phi) is 5.06. The van der Waals surface area contributed by atoms with Crippen molar-refractivity contribution in [3.8, 4) is 0 Å². The van der Waals surface area contributed by atoms with Crippen molar-refractivity contribution in [2.45, 2.75) is 32.2 Å². The molecule has 0 bridgehead atoms. The zero-order chi connectivity index (χ0) is 15.6. The molecule has 1 aromatic carbocycles. The third kappa shape index (κ3) is 4.79. The lowest BCUT2D eigenvalue weighted by molar-refractivity contribution is -0.116. The zero-order valence-electron chi connectivity index (χ0n) is 12.1. The van der Waals surface area contributed by atoms with Crippen LogP contribution >= 0.6 is 15.9 Å². The van der Waals surface area contributed by atoms with Gasteiger partial charge in [0.15, 0.2) is 0 Å². The second-order valence-corrected chi connectivity index (χ2v) is 8.21. The monoisotopic (exact) mass is 374 g/mol. The topological polar surface area (TPSA) is 66.5 Å². The fourth-order valence-electron chi connectivity index (χ4n) is 2.17. The van der Waals surface area contributed by atoms with Crippen molar-refractivity contribution in [1.82, 2.24) is 4.31 Å². The van der Waals surface area contributed by atoms with Crippen LogP contribution in [0.1, 0.15) is 24.8 Å². The summed E-state index contributed by atoms with van der Waals surface area (Å²) in [7, 11) is -3.24. The number of halogens is 1. The van der Waals surface area contributed by atoms with E-state index in [2.05, 4.69) is 21.2 Å². The highest BCUT2D eigenvalue weighted by Crippen LogP contribution is 2.29. The van der Waals surface area contributed by atoms with Gasteiger partial charge in [0.2, 0.25) is 15.9 Å². The summed E-state index contributed by atoms with van der Waals surface area (Å²) in [6, 6.07) is 5.69. The molecule has 1 N–H and O–H groups in total. The molecule has 1 aromatic rings. The standard InChI is InChI=1S/C14H19BrN2O3S/c1-10-9-11(15)3-6-13(10)16-14(18)7-8-17(12-4-5-12)21(2,19)20/h3,6,9,12H,4-5,7-8H2,1-2H3,(H,16,18). The van der Waals surface area contributed by atoms with Gasteiger partial charge in [-0.25, -0.2) is 8.42 Å². The maximum Gasteiger partial charge on any atom is 0.225 e. The zero-order valence-corrected chi connectivity index (χ0v) is 14.5. The second-order valence-electron chi connectivity index (χ2n) is 5.36. The molecule has 5 nitrogen and oxygen atoms in total. The highest BCUT2D eigenvalue weighted by Gasteiger charge is 2.34. The maximum atomic E-state index is 12.0. The predicted octanol–water partition coefficient (Wildman–Crippen LogP) is 2.51. The number of hydrogen-bond acceptors (Lipinski definition) is 3. The maximum absolute atomic E-state index is 12.0. The van der Waals surface area contributed by atoms with Crippen LogP contribution in [0.25, 0.3) is 0 Å². The molecule has 0 saturated heterocycles. The second kappa shape index (κ2) is 6.46. The Labute approximate surface area is 133 Å². The highest BCUT2D eigenvalue weighted by molar-refractivity contribution is 9.10. The van der Waals surface area contributed by atoms with Gasteiger partial charge < -0.3 is 5.32 Å². The average Bonchev–Trinajstić information content (AvgIpc) is 3.16. The molecule has 0 heterocycles. The molecule has 0 spiro atoms. The number of amides is 1. The van der Waals surface area contributed by atoms with E-state index in [0.717, 1.165) is 28.6 Å². The molecule has 7 heteroatoms. The van der Waals surface area contributed by atoms with E-state index in [1.54, 1.807) is 0 Å². The molecule has 0 aromatic heterocycles. The van der Waals surface area contributed by atoms with E-state index in [0.29, 0.717) is 0 Å². The molecule has 1 aliphatic rings. The van der Waals surface area contributed by atoms with Crippen molar-refractivity contribution < 1.29 is 13.2 Å². The van der Waals surface area contributed by atoms with E-state index in [-0.39, 0.29) is 24.9 Å². The number of nitrogens with one attached hydrogen (secondary N) is 1. The van der Waals surface area contributed by atoms with Crippen LogP contribution < -0.4 is 5.32 Å². The minimum atomic E-state index is -3.24. The summed E-state index contributed by atoms with van der Waals surface area (Å²) in [5.41, 5.74) is 1.71. The van der Waals surface area contributed by atoms with Crippen molar-refractivity contribution in [3.63, 3.8) is 0 Å². The van der Waals surface area contributed by atoms with E-state index in [4.69, 9.17) is 0 Å². The minimum Gasteiger partial charge on any atom is -0.326 e. The van der Waals surface area contributed by atoms with Crippen molar-refractivity contribution >= 4 is 37.5 Å². The SMILES string of the molecule is Cc1cc(Br)ccc1NC(=O)CCN(C1CC1)S(C)(=O)=O. The molecule has 2 rings (SSSR count). The first kappa shape index (κ1) is 16.5. The molecular formula is C14H19BrN2O3S. The van der Waals surface area contributed by atoms with E-state index in [1.807, 2.05) is 25.1 Å². The smallest absolute Gasteiger partial charge is 0.225 e. The normalized spacial score (nSPS) is 15.2. The third-order valence-electron chi connectivity index (χ3n) is 3.40. The van der Waals surface area contributed by atoms with Crippen LogP contribution in [0.3, 0.4) is 0 Å². The van der Waals surface area contributed by atoms with E-state index >= 15 is 0 Å². The molecule has 0 aliphatic heterocycles. The molecule has 0 radical (unpaired) electrons. The Hall–Kier alpha value is -0.920. The van der Waals surface area contributed by atoms with Crippen molar-refractivity contribution in [1.29, 1.82) is 0 Å². The number of rotatable bonds is 6. The minimum absolute atomic E-state index is 0.0854. The quantitative estimate of drug-likeness (QED) is 0.831.